The summed E-state index contributed by atoms with van der Waals surface area (Å²) < 4.78 is 87.6. The number of rotatable bonds is 5. The van der Waals surface area contributed by atoms with Gasteiger partial charge in [0.2, 0.25) is 5.82 Å². The summed E-state index contributed by atoms with van der Waals surface area (Å²) in [5.41, 5.74) is -2.27. The fourth-order valence-corrected chi connectivity index (χ4v) is 3.39. The first-order chi connectivity index (χ1) is 17.4. The maximum atomic E-state index is 14.5. The second-order valence-corrected chi connectivity index (χ2v) is 7.63. The van der Waals surface area contributed by atoms with Crippen molar-refractivity contribution in [2.75, 3.05) is 0 Å². The summed E-state index contributed by atoms with van der Waals surface area (Å²) >= 11 is 0. The van der Waals surface area contributed by atoms with Crippen LogP contribution in [0, 0.1) is 15.9 Å². The molecule has 0 aliphatic rings. The first-order valence-electron chi connectivity index (χ1n) is 10.1. The summed E-state index contributed by atoms with van der Waals surface area (Å²) in [4.78, 5) is 18.3. The van der Waals surface area contributed by atoms with E-state index in [0.717, 1.165) is 18.2 Å². The first-order valence-corrected chi connectivity index (χ1v) is 10.1. The third-order valence-electron chi connectivity index (χ3n) is 5.23. The van der Waals surface area contributed by atoms with Gasteiger partial charge in [0.15, 0.2) is 11.3 Å². The van der Waals surface area contributed by atoms with Crippen molar-refractivity contribution in [2.24, 2.45) is 0 Å². The lowest BCUT2D eigenvalue weighted by atomic mass is 10.1. The van der Waals surface area contributed by atoms with Gasteiger partial charge in [-0.15, -0.1) is 0 Å². The Morgan fingerprint density at radius 1 is 0.865 bits per heavy atom. The van der Waals surface area contributed by atoms with E-state index in [0.29, 0.717) is 16.1 Å². The molecule has 0 unspecified atom stereocenters. The van der Waals surface area contributed by atoms with E-state index in [2.05, 4.69) is 20.2 Å². The van der Waals surface area contributed by atoms with E-state index in [4.69, 9.17) is 4.52 Å². The minimum Gasteiger partial charge on any atom is -0.332 e. The molecule has 0 atom stereocenters. The molecule has 15 heteroatoms. The van der Waals surface area contributed by atoms with E-state index in [9.17, 15) is 36.5 Å². The molecule has 0 fully saturated rings. The molecule has 0 radical (unpaired) electrons. The number of alkyl halides is 5. The molecule has 0 bridgehead atoms. The quantitative estimate of drug-likeness (QED) is 0.163. The maximum Gasteiger partial charge on any atom is 0.459 e. The average molecular weight is 520 g/mol. The van der Waals surface area contributed by atoms with Crippen molar-refractivity contribution in [1.29, 1.82) is 0 Å². The van der Waals surface area contributed by atoms with Gasteiger partial charge in [0.25, 0.3) is 11.6 Å². The Morgan fingerprint density at radius 2 is 1.51 bits per heavy atom. The predicted octanol–water partition coefficient (Wildman–Crippen LogP) is 5.81. The number of benzene rings is 2. The normalized spacial score (nSPS) is 12.3. The van der Waals surface area contributed by atoms with E-state index in [1.54, 1.807) is 0 Å². The fraction of sp³-hybridized carbons (Fsp3) is 0.0909. The predicted molar refractivity (Wildman–Crippen MR) is 114 cm³/mol. The van der Waals surface area contributed by atoms with Crippen LogP contribution in [0.3, 0.4) is 0 Å². The van der Waals surface area contributed by atoms with Gasteiger partial charge in [0, 0.05) is 29.3 Å². The van der Waals surface area contributed by atoms with Crippen LogP contribution in [0.25, 0.3) is 39.9 Å². The van der Waals surface area contributed by atoms with Gasteiger partial charge in [-0.05, 0) is 42.5 Å². The third kappa shape index (κ3) is 4.23. The number of fused-ring (bicyclic) bond motifs is 1. The number of nitro benzene ring substituents is 1. The van der Waals surface area contributed by atoms with Gasteiger partial charge < -0.3 is 4.52 Å². The maximum absolute atomic E-state index is 14.5. The molecule has 2 aromatic carbocycles. The summed E-state index contributed by atoms with van der Waals surface area (Å²) in [5.74, 6) is -6.34. The molecule has 0 aliphatic heterocycles. The van der Waals surface area contributed by atoms with E-state index in [1.165, 1.54) is 36.4 Å². The highest BCUT2D eigenvalue weighted by molar-refractivity contribution is 5.66. The number of halogens is 6. The van der Waals surface area contributed by atoms with Crippen molar-refractivity contribution >= 4 is 11.3 Å². The molecule has 0 amide bonds. The van der Waals surface area contributed by atoms with Crippen LogP contribution < -0.4 is 0 Å². The van der Waals surface area contributed by atoms with E-state index >= 15 is 0 Å². The third-order valence-corrected chi connectivity index (χ3v) is 5.23. The topological polar surface area (TPSA) is 112 Å². The van der Waals surface area contributed by atoms with Crippen molar-refractivity contribution < 1.29 is 35.8 Å². The van der Waals surface area contributed by atoms with Gasteiger partial charge in [-0.2, -0.15) is 32.0 Å². The van der Waals surface area contributed by atoms with E-state index < -0.39 is 34.2 Å². The van der Waals surface area contributed by atoms with Gasteiger partial charge in [-0.25, -0.2) is 13.9 Å². The van der Waals surface area contributed by atoms with E-state index in [1.807, 2.05) is 0 Å². The highest BCUT2D eigenvalue weighted by Gasteiger charge is 2.60. The van der Waals surface area contributed by atoms with Crippen LogP contribution in [0.5, 0.6) is 0 Å². The molecular formula is C22H10F6N6O3. The number of aromatic nitrogens is 5. The Bertz CT molecular complexity index is 1630. The van der Waals surface area contributed by atoms with Crippen molar-refractivity contribution in [1.82, 2.24) is 24.7 Å². The Balaban J connectivity index is 1.62. The Kier molecular flexibility index (Phi) is 5.42. The van der Waals surface area contributed by atoms with Crippen LogP contribution in [0.15, 0.2) is 65.2 Å². The summed E-state index contributed by atoms with van der Waals surface area (Å²) in [7, 11) is 0. The highest BCUT2D eigenvalue weighted by atomic mass is 19.4. The van der Waals surface area contributed by atoms with Crippen molar-refractivity contribution in [2.45, 2.75) is 12.1 Å². The molecular weight excluding hydrogens is 510 g/mol. The largest absolute Gasteiger partial charge is 0.459 e. The number of non-ortho nitro benzene ring substituents is 1. The Labute approximate surface area is 201 Å². The molecule has 0 saturated heterocycles. The molecule has 3 aromatic heterocycles. The van der Waals surface area contributed by atoms with Crippen molar-refractivity contribution in [3.8, 4) is 34.2 Å². The SMILES string of the molecule is O=[N+]([O-])c1ccc(-c2noc(-c3cc4nc(-c5ccc(F)cc5)cc(C(F)(F)C(F)(F)F)n4n3)n2)cc1. The van der Waals surface area contributed by atoms with Crippen LogP contribution in [0.4, 0.5) is 32.0 Å². The van der Waals surface area contributed by atoms with E-state index in [-0.39, 0.29) is 34.4 Å². The summed E-state index contributed by atoms with van der Waals surface area (Å²) in [6, 6.07) is 11.0. The summed E-state index contributed by atoms with van der Waals surface area (Å²) in [6.45, 7) is 0. The van der Waals surface area contributed by atoms with Crippen molar-refractivity contribution in [3.05, 3.63) is 82.3 Å². The lowest BCUT2D eigenvalue weighted by Gasteiger charge is -2.21. The minimum absolute atomic E-state index is 0.0391. The number of hydrogen-bond acceptors (Lipinski definition) is 7. The smallest absolute Gasteiger partial charge is 0.332 e. The molecule has 0 N–H and O–H groups in total. The van der Waals surface area contributed by atoms with Crippen LogP contribution in [-0.2, 0) is 5.92 Å². The van der Waals surface area contributed by atoms with Gasteiger partial charge >= 0.3 is 12.1 Å². The fourth-order valence-electron chi connectivity index (χ4n) is 3.39. The lowest BCUT2D eigenvalue weighted by Crippen LogP contribution is -2.35. The summed E-state index contributed by atoms with van der Waals surface area (Å²) in [6.07, 6.45) is -5.96. The Morgan fingerprint density at radius 3 is 2.14 bits per heavy atom. The zero-order valence-electron chi connectivity index (χ0n) is 17.9. The molecule has 0 saturated carbocycles. The van der Waals surface area contributed by atoms with Crippen LogP contribution in [0.2, 0.25) is 0 Å². The van der Waals surface area contributed by atoms with Gasteiger partial charge in [0.1, 0.15) is 11.5 Å². The molecule has 0 spiro atoms. The molecule has 3 heterocycles. The molecule has 5 rings (SSSR count). The minimum atomic E-state index is -5.96. The summed E-state index contributed by atoms with van der Waals surface area (Å²) in [5, 5.41) is 18.3. The molecule has 37 heavy (non-hydrogen) atoms. The van der Waals surface area contributed by atoms with Gasteiger partial charge in [-0.3, -0.25) is 10.1 Å². The Hall–Kier alpha value is -4.82. The zero-order chi connectivity index (χ0) is 26.5. The standard InChI is InChI=1S/C22H10F6N6O3/c23-13-5-1-11(2-6-13)15-9-17(21(24,25)22(26,27)28)33-18(29-15)10-16(31-33)20-30-19(32-37-20)12-3-7-14(8-4-12)34(35)36/h1-10H. The van der Waals surface area contributed by atoms with Gasteiger partial charge in [0.05, 0.1) is 10.6 Å². The van der Waals surface area contributed by atoms with Crippen LogP contribution in [0.1, 0.15) is 5.69 Å². The molecule has 5 aromatic rings. The zero-order valence-corrected chi connectivity index (χ0v) is 17.9. The first kappa shape index (κ1) is 23.9. The number of nitro groups is 1. The molecule has 9 nitrogen and oxygen atoms in total. The van der Waals surface area contributed by atoms with Crippen LogP contribution in [-0.4, -0.2) is 35.8 Å². The number of hydrogen-bond donors (Lipinski definition) is 0. The second kappa shape index (κ2) is 8.39. The van der Waals surface area contributed by atoms with Gasteiger partial charge in [-0.1, -0.05) is 5.16 Å². The van der Waals surface area contributed by atoms with Crippen LogP contribution >= 0.6 is 0 Å². The lowest BCUT2D eigenvalue weighted by molar-refractivity contribution is -0.384. The highest BCUT2D eigenvalue weighted by Crippen LogP contribution is 2.44. The average Bonchev–Trinajstić information content (AvgIpc) is 3.50. The van der Waals surface area contributed by atoms with Crippen molar-refractivity contribution in [3.63, 3.8) is 0 Å². The monoisotopic (exact) mass is 520 g/mol. The molecule has 188 valence electrons. The second-order valence-electron chi connectivity index (χ2n) is 7.63. The molecule has 0 aliphatic carbocycles. The number of nitrogens with zero attached hydrogens (tertiary/aromatic N) is 6.